The second-order valence-corrected chi connectivity index (χ2v) is 8.77. The van der Waals surface area contributed by atoms with Crippen molar-refractivity contribution in [1.82, 2.24) is 19.6 Å². The number of aromatic nitrogens is 2. The van der Waals surface area contributed by atoms with E-state index in [9.17, 15) is 22.8 Å². The van der Waals surface area contributed by atoms with E-state index >= 15 is 0 Å². The van der Waals surface area contributed by atoms with Crippen LogP contribution in [-0.4, -0.2) is 70.2 Å². The number of Topliss-reactive ketones (excluding diaryl/α,β-unsaturated/α-hetero) is 1. The van der Waals surface area contributed by atoms with Crippen molar-refractivity contribution in [3.8, 4) is 0 Å². The van der Waals surface area contributed by atoms with Crippen LogP contribution < -0.4 is 4.90 Å². The molecule has 2 saturated heterocycles. The molecule has 2 aromatic rings. The molecule has 178 valence electrons. The highest BCUT2D eigenvalue weighted by molar-refractivity contribution is 5.92. The zero-order valence-corrected chi connectivity index (χ0v) is 18.8. The van der Waals surface area contributed by atoms with Gasteiger partial charge in [0.05, 0.1) is 5.56 Å². The third kappa shape index (κ3) is 5.05. The summed E-state index contributed by atoms with van der Waals surface area (Å²) < 4.78 is 41.2. The van der Waals surface area contributed by atoms with Crippen LogP contribution in [0.15, 0.2) is 30.5 Å². The topological polar surface area (TPSA) is 61.7 Å². The van der Waals surface area contributed by atoms with Gasteiger partial charge in [-0.2, -0.15) is 23.0 Å². The summed E-state index contributed by atoms with van der Waals surface area (Å²) in [5, 5.41) is 4.03. The third-order valence-electron chi connectivity index (χ3n) is 6.46. The first-order valence-corrected chi connectivity index (χ1v) is 11.2. The summed E-state index contributed by atoms with van der Waals surface area (Å²) in [6.07, 6.45) is -0.959. The number of ketones is 1. The van der Waals surface area contributed by atoms with Gasteiger partial charge in [-0.15, -0.1) is 0 Å². The Labute approximate surface area is 190 Å². The van der Waals surface area contributed by atoms with Crippen molar-refractivity contribution in [3.05, 3.63) is 47.3 Å². The largest absolute Gasteiger partial charge is 0.416 e. The summed E-state index contributed by atoms with van der Waals surface area (Å²) >= 11 is 0. The summed E-state index contributed by atoms with van der Waals surface area (Å²) in [4.78, 5) is 30.0. The fourth-order valence-electron chi connectivity index (χ4n) is 4.53. The van der Waals surface area contributed by atoms with Crippen LogP contribution >= 0.6 is 0 Å². The minimum Gasteiger partial charge on any atom is -0.369 e. The first-order valence-electron chi connectivity index (χ1n) is 11.2. The average Bonchev–Trinajstić information content (AvgIpc) is 3.43. The highest BCUT2D eigenvalue weighted by atomic mass is 19.4. The van der Waals surface area contributed by atoms with Crippen molar-refractivity contribution in [2.75, 3.05) is 37.6 Å². The lowest BCUT2D eigenvalue weighted by atomic mass is 10.1. The van der Waals surface area contributed by atoms with Crippen molar-refractivity contribution in [2.45, 2.75) is 45.5 Å². The summed E-state index contributed by atoms with van der Waals surface area (Å²) in [5.41, 5.74) is 1.14. The Kier molecular flexibility index (Phi) is 6.47. The Morgan fingerprint density at radius 3 is 2.39 bits per heavy atom. The van der Waals surface area contributed by atoms with Crippen LogP contribution in [0.5, 0.6) is 0 Å². The molecule has 1 atom stereocenters. The predicted molar refractivity (Wildman–Crippen MR) is 117 cm³/mol. The van der Waals surface area contributed by atoms with Crippen LogP contribution in [0.1, 0.15) is 48.3 Å². The molecule has 2 fully saturated rings. The molecule has 1 amide bonds. The van der Waals surface area contributed by atoms with E-state index in [0.29, 0.717) is 38.4 Å². The predicted octanol–water partition coefficient (Wildman–Crippen LogP) is 3.88. The molecule has 10 heteroatoms. The molecule has 3 heterocycles. The number of alkyl halides is 3. The molecule has 0 N–H and O–H groups in total. The summed E-state index contributed by atoms with van der Waals surface area (Å²) in [7, 11) is 0. The summed E-state index contributed by atoms with van der Waals surface area (Å²) in [6.45, 7) is 6.88. The molecule has 33 heavy (non-hydrogen) atoms. The monoisotopic (exact) mass is 463 g/mol. The fraction of sp³-hybridized carbons (Fsp3) is 0.522. The van der Waals surface area contributed by atoms with Crippen molar-refractivity contribution in [2.24, 2.45) is 0 Å². The second kappa shape index (κ2) is 9.17. The van der Waals surface area contributed by atoms with Crippen LogP contribution in [0.2, 0.25) is 0 Å². The van der Waals surface area contributed by atoms with Gasteiger partial charge in [-0.3, -0.25) is 9.69 Å². The van der Waals surface area contributed by atoms with E-state index in [-0.39, 0.29) is 23.6 Å². The first kappa shape index (κ1) is 23.3. The average molecular weight is 464 g/mol. The number of carbonyl (C=O) groups excluding carboxylic acids is 2. The Morgan fingerprint density at radius 2 is 1.82 bits per heavy atom. The molecule has 4 rings (SSSR count). The number of nitrogens with zero attached hydrogens (tertiary/aromatic N) is 5. The van der Waals surface area contributed by atoms with E-state index in [1.165, 1.54) is 29.9 Å². The minimum absolute atomic E-state index is 0.203. The number of halogens is 3. The van der Waals surface area contributed by atoms with Gasteiger partial charge in [0, 0.05) is 64.1 Å². The lowest BCUT2D eigenvalue weighted by Crippen LogP contribution is -2.49. The van der Waals surface area contributed by atoms with Crippen LogP contribution in [0.25, 0.3) is 0 Å². The maximum Gasteiger partial charge on any atom is 0.416 e. The summed E-state index contributed by atoms with van der Waals surface area (Å²) in [6, 6.07) is 5.46. The first-order chi connectivity index (χ1) is 15.6. The Bertz CT molecular complexity index is 1030. The molecule has 1 aromatic carbocycles. The van der Waals surface area contributed by atoms with Gasteiger partial charge in [-0.1, -0.05) is 6.07 Å². The summed E-state index contributed by atoms with van der Waals surface area (Å²) in [5.74, 6) is -0.203. The molecule has 2 aliphatic heterocycles. The third-order valence-corrected chi connectivity index (χ3v) is 6.46. The van der Waals surface area contributed by atoms with Gasteiger partial charge in [0.1, 0.15) is 5.69 Å². The van der Waals surface area contributed by atoms with Crippen LogP contribution in [0, 0.1) is 0 Å². The zero-order valence-electron chi connectivity index (χ0n) is 18.8. The molecular formula is C23H28F3N5O2. The molecule has 0 unspecified atom stereocenters. The number of benzene rings is 1. The number of hydrogen-bond acceptors (Lipinski definition) is 5. The minimum atomic E-state index is -4.38. The fourth-order valence-corrected chi connectivity index (χ4v) is 4.53. The molecule has 2 aliphatic rings. The number of carbonyl (C=O) groups is 2. The number of amides is 1. The molecule has 0 radical (unpaired) electrons. The van der Waals surface area contributed by atoms with E-state index in [0.717, 1.165) is 31.0 Å². The van der Waals surface area contributed by atoms with Crippen LogP contribution in [0.3, 0.4) is 0 Å². The van der Waals surface area contributed by atoms with Gasteiger partial charge in [0.15, 0.2) is 5.78 Å². The molecule has 0 spiro atoms. The van der Waals surface area contributed by atoms with Gasteiger partial charge in [-0.25, -0.2) is 4.79 Å². The molecule has 0 saturated carbocycles. The quantitative estimate of drug-likeness (QED) is 0.644. The molecule has 7 nitrogen and oxygen atoms in total. The lowest BCUT2D eigenvalue weighted by molar-refractivity contribution is -0.137. The highest BCUT2D eigenvalue weighted by Gasteiger charge is 2.33. The Balaban J connectivity index is 1.44. The van der Waals surface area contributed by atoms with Gasteiger partial charge in [0.25, 0.3) is 0 Å². The Morgan fingerprint density at radius 1 is 1.09 bits per heavy atom. The van der Waals surface area contributed by atoms with Crippen molar-refractivity contribution >= 4 is 17.5 Å². The van der Waals surface area contributed by atoms with Crippen LogP contribution in [0.4, 0.5) is 23.7 Å². The van der Waals surface area contributed by atoms with Gasteiger partial charge in [-0.05, 0) is 43.5 Å². The number of rotatable bonds is 4. The van der Waals surface area contributed by atoms with Crippen molar-refractivity contribution in [3.63, 3.8) is 0 Å². The van der Waals surface area contributed by atoms with Crippen molar-refractivity contribution in [1.29, 1.82) is 0 Å². The van der Waals surface area contributed by atoms with Gasteiger partial charge in [0.2, 0.25) is 0 Å². The second-order valence-electron chi connectivity index (χ2n) is 8.77. The molecular weight excluding hydrogens is 435 g/mol. The van der Waals surface area contributed by atoms with E-state index in [1.807, 2.05) is 6.92 Å². The van der Waals surface area contributed by atoms with Gasteiger partial charge < -0.3 is 9.80 Å². The molecule has 0 bridgehead atoms. The lowest BCUT2D eigenvalue weighted by Gasteiger charge is -2.35. The van der Waals surface area contributed by atoms with Crippen LogP contribution in [-0.2, 0) is 12.7 Å². The molecule has 0 aliphatic carbocycles. The zero-order chi connectivity index (χ0) is 23.8. The van der Waals surface area contributed by atoms with E-state index < -0.39 is 11.7 Å². The van der Waals surface area contributed by atoms with E-state index in [1.54, 1.807) is 11.0 Å². The SMILES string of the molecule is CC(=O)c1ccn(C(=O)N2CCN(Cc3ccc(C(F)(F)F)cc3N3CCC[C@@H]3C)CC2)n1. The smallest absolute Gasteiger partial charge is 0.369 e. The normalized spacial score (nSPS) is 19.8. The maximum atomic E-state index is 13.4. The Hall–Kier alpha value is -2.88. The molecule has 1 aromatic heterocycles. The van der Waals surface area contributed by atoms with Gasteiger partial charge >= 0.3 is 12.2 Å². The number of anilines is 1. The highest BCUT2D eigenvalue weighted by Crippen LogP contribution is 2.36. The van der Waals surface area contributed by atoms with E-state index in [2.05, 4.69) is 14.9 Å². The maximum absolute atomic E-state index is 13.4. The number of piperazine rings is 1. The number of hydrogen-bond donors (Lipinski definition) is 0. The van der Waals surface area contributed by atoms with E-state index in [4.69, 9.17) is 0 Å². The van der Waals surface area contributed by atoms with Crippen molar-refractivity contribution < 1.29 is 22.8 Å². The standard InChI is InChI=1S/C23H28F3N5O2/c1-16-4-3-8-30(16)21-14-19(23(24,25)26)6-5-18(21)15-28-10-12-29(13-11-28)22(33)31-9-7-20(27-31)17(2)32/h5-7,9,14,16H,3-4,8,10-13,15H2,1-2H3/t16-/m0/s1.